The maximum Gasteiger partial charge on any atom is 0.303 e. The molecule has 0 spiro atoms. The van der Waals surface area contributed by atoms with Crippen LogP contribution in [0.25, 0.3) is 5.69 Å². The van der Waals surface area contributed by atoms with Gasteiger partial charge in [0.25, 0.3) is 5.91 Å². The van der Waals surface area contributed by atoms with Gasteiger partial charge >= 0.3 is 5.97 Å². The molecule has 0 unspecified atom stereocenters. The van der Waals surface area contributed by atoms with Gasteiger partial charge in [-0.2, -0.15) is 5.10 Å². The lowest BCUT2D eigenvalue weighted by Crippen LogP contribution is -2.25. The van der Waals surface area contributed by atoms with Gasteiger partial charge in [-0.1, -0.05) is 0 Å². The summed E-state index contributed by atoms with van der Waals surface area (Å²) in [6, 6.07) is 7.21. The Morgan fingerprint density at radius 3 is 2.56 bits per heavy atom. The number of aryl methyl sites for hydroxylation is 1. The molecule has 7 heteroatoms. The molecule has 0 saturated carbocycles. The zero-order valence-corrected chi connectivity index (χ0v) is 16.1. The molecule has 1 aromatic heterocycles. The van der Waals surface area contributed by atoms with Crippen LogP contribution in [-0.2, 0) is 16.0 Å². The Kier molecular flexibility index (Phi) is 7.55. The van der Waals surface area contributed by atoms with Crippen LogP contribution in [0.2, 0.25) is 0 Å². The van der Waals surface area contributed by atoms with E-state index in [0.717, 1.165) is 29.1 Å². The molecule has 27 heavy (non-hydrogen) atoms. The summed E-state index contributed by atoms with van der Waals surface area (Å²) < 4.78 is 7.03. The molecule has 2 N–H and O–H groups in total. The first-order chi connectivity index (χ1) is 12.9. The second-order valence-electron chi connectivity index (χ2n) is 6.31. The summed E-state index contributed by atoms with van der Waals surface area (Å²) in [6.07, 6.45) is 1.31. The number of nitrogens with one attached hydrogen (secondary N) is 1. The SMILES string of the molecule is CCOCCCNC(=O)c1ccc(-n2nc(C)c(CCC(=O)O)c2C)cc1. The normalized spacial score (nSPS) is 10.8. The zero-order chi connectivity index (χ0) is 19.8. The molecule has 7 nitrogen and oxygen atoms in total. The third kappa shape index (κ3) is 5.65. The molecule has 0 fully saturated rings. The van der Waals surface area contributed by atoms with E-state index in [1.807, 2.05) is 32.9 Å². The fraction of sp³-hybridized carbons (Fsp3) is 0.450. The number of nitrogens with zero attached hydrogens (tertiary/aromatic N) is 2. The first-order valence-corrected chi connectivity index (χ1v) is 9.17. The van der Waals surface area contributed by atoms with Gasteiger partial charge in [0.05, 0.1) is 11.4 Å². The van der Waals surface area contributed by atoms with Crippen molar-refractivity contribution in [1.82, 2.24) is 15.1 Å². The Bertz CT molecular complexity index is 781. The molecule has 0 atom stereocenters. The van der Waals surface area contributed by atoms with Crippen LogP contribution in [0.5, 0.6) is 0 Å². The van der Waals surface area contributed by atoms with Crippen molar-refractivity contribution < 1.29 is 19.4 Å². The fourth-order valence-electron chi connectivity index (χ4n) is 2.90. The number of carbonyl (C=O) groups is 2. The minimum absolute atomic E-state index is 0.0791. The molecule has 1 aromatic carbocycles. The van der Waals surface area contributed by atoms with Gasteiger partial charge in [-0.25, -0.2) is 4.68 Å². The van der Waals surface area contributed by atoms with Gasteiger partial charge in [-0.3, -0.25) is 9.59 Å². The highest BCUT2D eigenvalue weighted by Gasteiger charge is 2.14. The molecule has 0 aliphatic carbocycles. The number of hydrogen-bond donors (Lipinski definition) is 2. The van der Waals surface area contributed by atoms with Crippen molar-refractivity contribution in [2.75, 3.05) is 19.8 Å². The van der Waals surface area contributed by atoms with E-state index >= 15 is 0 Å². The summed E-state index contributed by atoms with van der Waals surface area (Å²) >= 11 is 0. The van der Waals surface area contributed by atoms with Crippen LogP contribution in [-0.4, -0.2) is 46.5 Å². The number of ether oxygens (including phenoxy) is 1. The number of benzene rings is 1. The smallest absolute Gasteiger partial charge is 0.303 e. The molecule has 0 aliphatic rings. The van der Waals surface area contributed by atoms with E-state index in [2.05, 4.69) is 10.4 Å². The molecule has 0 aliphatic heterocycles. The number of aromatic nitrogens is 2. The summed E-state index contributed by atoms with van der Waals surface area (Å²) in [7, 11) is 0. The Labute approximate surface area is 159 Å². The number of carbonyl (C=O) groups excluding carboxylic acids is 1. The van der Waals surface area contributed by atoms with Gasteiger partial charge in [0.1, 0.15) is 0 Å². The highest BCUT2D eigenvalue weighted by molar-refractivity contribution is 5.94. The van der Waals surface area contributed by atoms with Gasteiger partial charge in [0.2, 0.25) is 0 Å². The van der Waals surface area contributed by atoms with Crippen molar-refractivity contribution >= 4 is 11.9 Å². The molecule has 0 saturated heterocycles. The predicted octanol–water partition coefficient (Wildman–Crippen LogP) is 2.66. The van der Waals surface area contributed by atoms with Crippen LogP contribution in [0, 0.1) is 13.8 Å². The number of rotatable bonds is 10. The van der Waals surface area contributed by atoms with Crippen molar-refractivity contribution in [2.45, 2.75) is 40.0 Å². The van der Waals surface area contributed by atoms with E-state index in [9.17, 15) is 9.59 Å². The lowest BCUT2D eigenvalue weighted by Gasteiger charge is -2.08. The largest absolute Gasteiger partial charge is 0.481 e. The fourth-order valence-corrected chi connectivity index (χ4v) is 2.90. The summed E-state index contributed by atoms with van der Waals surface area (Å²) in [6.45, 7) is 7.64. The highest BCUT2D eigenvalue weighted by Crippen LogP contribution is 2.19. The minimum Gasteiger partial charge on any atom is -0.481 e. The molecule has 1 amide bonds. The maximum atomic E-state index is 12.2. The number of carboxylic acid groups (broad SMARTS) is 1. The second kappa shape index (κ2) is 9.87. The molecule has 0 radical (unpaired) electrons. The third-order valence-corrected chi connectivity index (χ3v) is 4.36. The van der Waals surface area contributed by atoms with Crippen molar-refractivity contribution in [3.63, 3.8) is 0 Å². The number of carboxylic acids is 1. The van der Waals surface area contributed by atoms with Gasteiger partial charge in [-0.05, 0) is 63.4 Å². The van der Waals surface area contributed by atoms with E-state index in [1.54, 1.807) is 16.8 Å². The van der Waals surface area contributed by atoms with E-state index in [-0.39, 0.29) is 12.3 Å². The van der Waals surface area contributed by atoms with Crippen LogP contribution >= 0.6 is 0 Å². The number of hydrogen-bond acceptors (Lipinski definition) is 4. The van der Waals surface area contributed by atoms with Crippen LogP contribution in [0.1, 0.15) is 47.1 Å². The van der Waals surface area contributed by atoms with Crippen LogP contribution in [0.4, 0.5) is 0 Å². The quantitative estimate of drug-likeness (QED) is 0.625. The van der Waals surface area contributed by atoms with Crippen LogP contribution in [0.3, 0.4) is 0 Å². The molecular weight excluding hydrogens is 346 g/mol. The summed E-state index contributed by atoms with van der Waals surface area (Å²) in [4.78, 5) is 23.0. The molecule has 0 bridgehead atoms. The molecule has 146 valence electrons. The monoisotopic (exact) mass is 373 g/mol. The Morgan fingerprint density at radius 2 is 1.93 bits per heavy atom. The first-order valence-electron chi connectivity index (χ1n) is 9.17. The molecular formula is C20H27N3O4. The van der Waals surface area contributed by atoms with Crippen LogP contribution < -0.4 is 5.32 Å². The lowest BCUT2D eigenvalue weighted by molar-refractivity contribution is -0.136. The minimum atomic E-state index is -0.821. The second-order valence-corrected chi connectivity index (χ2v) is 6.31. The van der Waals surface area contributed by atoms with Gasteiger partial charge in [-0.15, -0.1) is 0 Å². The van der Waals surface area contributed by atoms with Crippen molar-refractivity contribution in [1.29, 1.82) is 0 Å². The maximum absolute atomic E-state index is 12.2. The Balaban J connectivity index is 2.03. The zero-order valence-electron chi connectivity index (χ0n) is 16.1. The third-order valence-electron chi connectivity index (χ3n) is 4.36. The van der Waals surface area contributed by atoms with Crippen LogP contribution in [0.15, 0.2) is 24.3 Å². The number of aliphatic carboxylic acids is 1. The average Bonchev–Trinajstić information content (AvgIpc) is 2.93. The molecule has 2 aromatic rings. The van der Waals surface area contributed by atoms with E-state index in [0.29, 0.717) is 31.7 Å². The number of amides is 1. The summed E-state index contributed by atoms with van der Waals surface area (Å²) in [5.74, 6) is -0.938. The Hall–Kier alpha value is -2.67. The average molecular weight is 373 g/mol. The topological polar surface area (TPSA) is 93.5 Å². The lowest BCUT2D eigenvalue weighted by atomic mass is 10.1. The van der Waals surface area contributed by atoms with Gasteiger partial charge in [0.15, 0.2) is 0 Å². The van der Waals surface area contributed by atoms with E-state index in [4.69, 9.17) is 9.84 Å². The van der Waals surface area contributed by atoms with Gasteiger partial charge in [0, 0.05) is 37.4 Å². The van der Waals surface area contributed by atoms with Crippen molar-refractivity contribution in [3.05, 3.63) is 46.8 Å². The molecule has 2 rings (SSSR count). The first kappa shape index (κ1) is 20.6. The Morgan fingerprint density at radius 1 is 1.22 bits per heavy atom. The predicted molar refractivity (Wildman–Crippen MR) is 102 cm³/mol. The van der Waals surface area contributed by atoms with Crippen molar-refractivity contribution in [2.24, 2.45) is 0 Å². The van der Waals surface area contributed by atoms with E-state index in [1.165, 1.54) is 0 Å². The summed E-state index contributed by atoms with van der Waals surface area (Å²) in [5, 5.41) is 16.3. The molecule has 1 heterocycles. The summed E-state index contributed by atoms with van der Waals surface area (Å²) in [5.41, 5.74) is 4.12. The highest BCUT2D eigenvalue weighted by atomic mass is 16.5. The van der Waals surface area contributed by atoms with E-state index < -0.39 is 5.97 Å². The van der Waals surface area contributed by atoms with Crippen molar-refractivity contribution in [3.8, 4) is 5.69 Å². The van der Waals surface area contributed by atoms with Gasteiger partial charge < -0.3 is 15.2 Å². The standard InChI is InChI=1S/C20H27N3O4/c1-4-27-13-5-12-21-20(26)16-6-8-17(9-7-16)23-15(3)18(14(2)22-23)10-11-19(24)25/h6-9H,4-5,10-13H2,1-3H3,(H,21,26)(H,24,25).